The van der Waals surface area contributed by atoms with Gasteiger partial charge in [0.2, 0.25) is 5.91 Å². The van der Waals surface area contributed by atoms with Gasteiger partial charge in [-0.1, -0.05) is 13.8 Å². The van der Waals surface area contributed by atoms with Crippen LogP contribution in [0.25, 0.3) is 0 Å². The van der Waals surface area contributed by atoms with Crippen LogP contribution in [0.4, 0.5) is 5.69 Å². The SMILES string of the molecule is COc1ccc(N2C(=O)C[C@@H](N3C[C@@H](C)C[C@H](C)C3)C2=O)cc1. The summed E-state index contributed by atoms with van der Waals surface area (Å²) in [6.07, 6.45) is 1.47. The molecule has 124 valence electrons. The number of hydrogen-bond donors (Lipinski definition) is 0. The number of methoxy groups -OCH3 is 1. The number of carbonyl (C=O) groups is 2. The Bertz CT molecular complexity index is 589. The normalized spacial score (nSPS) is 29.2. The molecular formula is C18H24N2O3. The number of carbonyl (C=O) groups excluding carboxylic acids is 2. The molecule has 0 spiro atoms. The van der Waals surface area contributed by atoms with E-state index in [1.807, 2.05) is 0 Å². The molecule has 0 bridgehead atoms. The highest BCUT2D eigenvalue weighted by Gasteiger charge is 2.44. The molecule has 3 atom stereocenters. The van der Waals surface area contributed by atoms with Crippen LogP contribution in [0.1, 0.15) is 26.7 Å². The average molecular weight is 316 g/mol. The molecule has 0 unspecified atom stereocenters. The first-order chi connectivity index (χ1) is 11.0. The highest BCUT2D eigenvalue weighted by Crippen LogP contribution is 2.30. The number of benzene rings is 1. The maximum Gasteiger partial charge on any atom is 0.251 e. The Balaban J connectivity index is 1.79. The molecule has 0 N–H and O–H groups in total. The zero-order valence-corrected chi connectivity index (χ0v) is 14.0. The van der Waals surface area contributed by atoms with E-state index < -0.39 is 0 Å². The Morgan fingerprint density at radius 2 is 1.65 bits per heavy atom. The fourth-order valence-corrected chi connectivity index (χ4v) is 3.87. The van der Waals surface area contributed by atoms with E-state index >= 15 is 0 Å². The van der Waals surface area contributed by atoms with Gasteiger partial charge in [-0.15, -0.1) is 0 Å². The Hall–Kier alpha value is -1.88. The third-order valence-corrected chi connectivity index (χ3v) is 4.79. The van der Waals surface area contributed by atoms with Gasteiger partial charge in [-0.2, -0.15) is 0 Å². The number of anilines is 1. The summed E-state index contributed by atoms with van der Waals surface area (Å²) in [6.45, 7) is 6.21. The predicted molar refractivity (Wildman–Crippen MR) is 88.4 cm³/mol. The minimum atomic E-state index is -0.310. The Morgan fingerprint density at radius 1 is 1.04 bits per heavy atom. The molecule has 2 fully saturated rings. The molecule has 2 heterocycles. The Kier molecular flexibility index (Phi) is 4.39. The summed E-state index contributed by atoms with van der Waals surface area (Å²) >= 11 is 0. The largest absolute Gasteiger partial charge is 0.497 e. The van der Waals surface area contributed by atoms with Gasteiger partial charge < -0.3 is 4.74 Å². The van der Waals surface area contributed by atoms with Crippen molar-refractivity contribution in [1.29, 1.82) is 0 Å². The number of likely N-dealkylation sites (tertiary alicyclic amines) is 1. The van der Waals surface area contributed by atoms with Crippen molar-refractivity contribution >= 4 is 17.5 Å². The highest BCUT2D eigenvalue weighted by atomic mass is 16.5. The van der Waals surface area contributed by atoms with Crippen LogP contribution in [0.3, 0.4) is 0 Å². The van der Waals surface area contributed by atoms with Crippen LogP contribution in [-0.4, -0.2) is 43.0 Å². The topological polar surface area (TPSA) is 49.9 Å². The Morgan fingerprint density at radius 3 is 2.22 bits per heavy atom. The minimum Gasteiger partial charge on any atom is -0.497 e. The van der Waals surface area contributed by atoms with E-state index in [0.29, 0.717) is 23.3 Å². The van der Waals surface area contributed by atoms with E-state index in [9.17, 15) is 9.59 Å². The van der Waals surface area contributed by atoms with Crippen molar-refractivity contribution in [2.45, 2.75) is 32.7 Å². The summed E-state index contributed by atoms with van der Waals surface area (Å²) < 4.78 is 5.13. The van der Waals surface area contributed by atoms with Crippen LogP contribution in [0.2, 0.25) is 0 Å². The molecule has 0 aromatic heterocycles. The van der Waals surface area contributed by atoms with E-state index in [4.69, 9.17) is 4.74 Å². The van der Waals surface area contributed by atoms with Crippen molar-refractivity contribution in [2.24, 2.45) is 11.8 Å². The van der Waals surface area contributed by atoms with Gasteiger partial charge >= 0.3 is 0 Å². The molecule has 3 rings (SSSR count). The van der Waals surface area contributed by atoms with Crippen molar-refractivity contribution in [1.82, 2.24) is 4.90 Å². The van der Waals surface area contributed by atoms with E-state index in [1.54, 1.807) is 31.4 Å². The van der Waals surface area contributed by atoms with Crippen molar-refractivity contribution < 1.29 is 14.3 Å². The number of nitrogens with zero attached hydrogens (tertiary/aromatic N) is 2. The molecule has 0 aliphatic carbocycles. The molecule has 2 saturated heterocycles. The van der Waals surface area contributed by atoms with Crippen LogP contribution < -0.4 is 9.64 Å². The molecule has 2 aliphatic rings. The molecule has 1 aromatic carbocycles. The van der Waals surface area contributed by atoms with Gasteiger partial charge in [0, 0.05) is 13.1 Å². The van der Waals surface area contributed by atoms with Gasteiger partial charge in [-0.05, 0) is 42.5 Å². The number of rotatable bonds is 3. The van der Waals surface area contributed by atoms with Crippen LogP contribution >= 0.6 is 0 Å². The molecule has 23 heavy (non-hydrogen) atoms. The van der Waals surface area contributed by atoms with Gasteiger partial charge in [0.1, 0.15) is 5.75 Å². The van der Waals surface area contributed by atoms with Gasteiger partial charge in [0.05, 0.1) is 25.3 Å². The fourth-order valence-electron chi connectivity index (χ4n) is 3.87. The lowest BCUT2D eigenvalue weighted by atomic mass is 9.90. The quantitative estimate of drug-likeness (QED) is 0.803. The molecule has 5 nitrogen and oxygen atoms in total. The summed E-state index contributed by atoms with van der Waals surface area (Å²) in [5.41, 5.74) is 0.626. The first-order valence-corrected chi connectivity index (χ1v) is 8.24. The van der Waals surface area contributed by atoms with Gasteiger partial charge in [-0.25, -0.2) is 4.90 Å². The van der Waals surface area contributed by atoms with Crippen molar-refractivity contribution in [2.75, 3.05) is 25.1 Å². The smallest absolute Gasteiger partial charge is 0.251 e. The second-order valence-corrected chi connectivity index (χ2v) is 6.89. The van der Waals surface area contributed by atoms with E-state index in [1.165, 1.54) is 11.3 Å². The lowest BCUT2D eigenvalue weighted by Gasteiger charge is -2.37. The minimum absolute atomic E-state index is 0.0959. The zero-order chi connectivity index (χ0) is 16.6. The van der Waals surface area contributed by atoms with Crippen molar-refractivity contribution in [3.8, 4) is 5.75 Å². The third kappa shape index (κ3) is 3.11. The summed E-state index contributed by atoms with van der Waals surface area (Å²) in [4.78, 5) is 28.7. The Labute approximate surface area is 137 Å². The number of piperidine rings is 1. The molecule has 2 aliphatic heterocycles. The zero-order valence-electron chi connectivity index (χ0n) is 14.0. The third-order valence-electron chi connectivity index (χ3n) is 4.79. The molecule has 0 saturated carbocycles. The second kappa shape index (κ2) is 6.32. The summed E-state index contributed by atoms with van der Waals surface area (Å²) in [5, 5.41) is 0. The number of imide groups is 1. The summed E-state index contributed by atoms with van der Waals surface area (Å²) in [5.74, 6) is 1.63. The fraction of sp³-hybridized carbons (Fsp3) is 0.556. The lowest BCUT2D eigenvalue weighted by Crippen LogP contribution is -2.48. The van der Waals surface area contributed by atoms with Crippen molar-refractivity contribution in [3.63, 3.8) is 0 Å². The first kappa shape index (κ1) is 16.0. The van der Waals surface area contributed by atoms with E-state index in [0.717, 1.165) is 13.1 Å². The lowest BCUT2D eigenvalue weighted by molar-refractivity contribution is -0.123. The molecule has 1 aromatic rings. The van der Waals surface area contributed by atoms with Crippen LogP contribution in [0, 0.1) is 11.8 Å². The summed E-state index contributed by atoms with van der Waals surface area (Å²) in [6, 6.07) is 6.76. The van der Waals surface area contributed by atoms with E-state index in [2.05, 4.69) is 18.7 Å². The summed E-state index contributed by atoms with van der Waals surface area (Å²) in [7, 11) is 1.59. The van der Waals surface area contributed by atoms with Gasteiger partial charge in [0.15, 0.2) is 0 Å². The van der Waals surface area contributed by atoms with Gasteiger partial charge in [0.25, 0.3) is 5.91 Å². The van der Waals surface area contributed by atoms with Crippen LogP contribution in [-0.2, 0) is 9.59 Å². The molecular weight excluding hydrogens is 292 g/mol. The average Bonchev–Trinajstić information content (AvgIpc) is 2.81. The standard InChI is InChI=1S/C18H24N2O3/c1-12-8-13(2)11-19(10-12)16-9-17(21)20(18(16)22)14-4-6-15(23-3)7-5-14/h4-7,12-13,16H,8-11H2,1-3H3/t12-,13-,16+/m0/s1. The molecule has 2 amide bonds. The predicted octanol–water partition coefficient (Wildman–Crippen LogP) is 2.31. The maximum atomic E-state index is 12.8. The van der Waals surface area contributed by atoms with Crippen molar-refractivity contribution in [3.05, 3.63) is 24.3 Å². The number of ether oxygens (including phenoxy) is 1. The highest BCUT2D eigenvalue weighted by molar-refractivity contribution is 6.22. The monoisotopic (exact) mass is 316 g/mol. The maximum absolute atomic E-state index is 12.8. The van der Waals surface area contributed by atoms with Crippen LogP contribution in [0.5, 0.6) is 5.75 Å². The first-order valence-electron chi connectivity index (χ1n) is 8.24. The van der Waals surface area contributed by atoms with Crippen LogP contribution in [0.15, 0.2) is 24.3 Å². The second-order valence-electron chi connectivity index (χ2n) is 6.89. The molecule has 0 radical (unpaired) electrons. The number of amides is 2. The number of hydrogen-bond acceptors (Lipinski definition) is 4. The van der Waals surface area contributed by atoms with E-state index in [-0.39, 0.29) is 24.3 Å². The molecule has 5 heteroatoms. The van der Waals surface area contributed by atoms with Gasteiger partial charge in [-0.3, -0.25) is 14.5 Å².